The van der Waals surface area contributed by atoms with Crippen LogP contribution in [0.5, 0.6) is 5.75 Å². The Balaban J connectivity index is 2.12. The highest BCUT2D eigenvalue weighted by Gasteiger charge is 2.27. The largest absolute Gasteiger partial charge is 0.496 e. The van der Waals surface area contributed by atoms with Gasteiger partial charge >= 0.3 is 12.1 Å². The maximum absolute atomic E-state index is 12.2. The molecule has 0 bridgehead atoms. The van der Waals surface area contributed by atoms with E-state index in [1.54, 1.807) is 17.0 Å². The molecule has 1 aromatic rings. The Morgan fingerprint density at radius 3 is 2.19 bits per heavy atom. The Bertz CT molecular complexity index is 679. The summed E-state index contributed by atoms with van der Waals surface area (Å²) in [5.74, 6) is -0.115. The molecule has 0 saturated carbocycles. The predicted molar refractivity (Wildman–Crippen MR) is 99.4 cm³/mol. The van der Waals surface area contributed by atoms with Crippen LogP contribution >= 0.6 is 11.6 Å². The standard InChI is InChI=1S/C18H25ClN2O5/c1-18(2,3)26-17(23)21-8-6-20(7-9-21)14-11-15(24-4)12(10-13(14)19)16(22)25-5/h10-11H,6-9H2,1-5H3. The fourth-order valence-electron chi connectivity index (χ4n) is 2.68. The minimum absolute atomic E-state index is 0.274. The van der Waals surface area contributed by atoms with Gasteiger partial charge in [0.25, 0.3) is 0 Å². The van der Waals surface area contributed by atoms with Gasteiger partial charge in [-0.3, -0.25) is 0 Å². The molecule has 1 aromatic carbocycles. The van der Waals surface area contributed by atoms with Crippen molar-refractivity contribution < 1.29 is 23.8 Å². The highest BCUT2D eigenvalue weighted by molar-refractivity contribution is 6.33. The van der Waals surface area contributed by atoms with Crippen LogP contribution in [-0.2, 0) is 9.47 Å². The second kappa shape index (κ2) is 8.03. The molecular weight excluding hydrogens is 360 g/mol. The van der Waals surface area contributed by atoms with Gasteiger partial charge < -0.3 is 24.0 Å². The second-order valence-corrected chi connectivity index (χ2v) is 7.36. The lowest BCUT2D eigenvalue weighted by atomic mass is 10.1. The smallest absolute Gasteiger partial charge is 0.410 e. The number of esters is 1. The summed E-state index contributed by atoms with van der Waals surface area (Å²) < 4.78 is 15.5. The summed E-state index contributed by atoms with van der Waals surface area (Å²) in [4.78, 5) is 27.7. The Labute approximate surface area is 158 Å². The van der Waals surface area contributed by atoms with Crippen molar-refractivity contribution in [1.29, 1.82) is 0 Å². The Morgan fingerprint density at radius 1 is 1.08 bits per heavy atom. The average Bonchev–Trinajstić information content (AvgIpc) is 2.59. The molecule has 0 N–H and O–H groups in total. The number of ether oxygens (including phenoxy) is 3. The first-order chi connectivity index (χ1) is 12.2. The number of benzene rings is 1. The minimum atomic E-state index is -0.519. The molecule has 0 aliphatic carbocycles. The van der Waals surface area contributed by atoms with Crippen LogP contribution in [0, 0.1) is 0 Å². The third-order valence-corrected chi connectivity index (χ3v) is 4.25. The van der Waals surface area contributed by atoms with E-state index in [0.717, 1.165) is 5.69 Å². The molecule has 8 heteroatoms. The van der Waals surface area contributed by atoms with Crippen molar-refractivity contribution in [3.63, 3.8) is 0 Å². The Hall–Kier alpha value is -2.15. The molecule has 1 heterocycles. The first kappa shape index (κ1) is 20.2. The van der Waals surface area contributed by atoms with Gasteiger partial charge in [-0.15, -0.1) is 0 Å². The van der Waals surface area contributed by atoms with Crippen molar-refractivity contribution in [1.82, 2.24) is 4.90 Å². The molecule has 7 nitrogen and oxygen atoms in total. The molecule has 1 fully saturated rings. The van der Waals surface area contributed by atoms with Crippen molar-refractivity contribution in [3.05, 3.63) is 22.7 Å². The zero-order chi connectivity index (χ0) is 19.5. The number of hydrogen-bond acceptors (Lipinski definition) is 6. The van der Waals surface area contributed by atoms with Crippen LogP contribution in [0.15, 0.2) is 12.1 Å². The van der Waals surface area contributed by atoms with E-state index in [1.165, 1.54) is 14.2 Å². The van der Waals surface area contributed by atoms with Gasteiger partial charge in [0.1, 0.15) is 16.9 Å². The minimum Gasteiger partial charge on any atom is -0.496 e. The van der Waals surface area contributed by atoms with E-state index in [-0.39, 0.29) is 11.7 Å². The van der Waals surface area contributed by atoms with Crippen LogP contribution in [0.25, 0.3) is 0 Å². The average molecular weight is 385 g/mol. The number of piperazine rings is 1. The van der Waals surface area contributed by atoms with Gasteiger partial charge in [-0.2, -0.15) is 0 Å². The molecule has 1 aliphatic heterocycles. The first-order valence-corrected chi connectivity index (χ1v) is 8.73. The number of amides is 1. The highest BCUT2D eigenvalue weighted by atomic mass is 35.5. The van der Waals surface area contributed by atoms with Crippen LogP contribution in [0.3, 0.4) is 0 Å². The summed E-state index contributed by atoms with van der Waals surface area (Å²) in [5, 5.41) is 0.428. The van der Waals surface area contributed by atoms with Crippen LogP contribution in [0.2, 0.25) is 5.02 Å². The predicted octanol–water partition coefficient (Wildman–Crippen LogP) is 3.19. The third kappa shape index (κ3) is 4.72. The maximum Gasteiger partial charge on any atom is 0.410 e. The summed E-state index contributed by atoms with van der Waals surface area (Å²) in [6.07, 6.45) is -0.318. The lowest BCUT2D eigenvalue weighted by Crippen LogP contribution is -2.50. The number of methoxy groups -OCH3 is 2. The summed E-state index contributed by atoms with van der Waals surface area (Å²) in [6.45, 7) is 7.76. The van der Waals surface area contributed by atoms with E-state index in [0.29, 0.717) is 37.0 Å². The number of hydrogen-bond donors (Lipinski definition) is 0. The van der Waals surface area contributed by atoms with Gasteiger partial charge in [0.15, 0.2) is 0 Å². The Morgan fingerprint density at radius 2 is 1.69 bits per heavy atom. The molecule has 0 radical (unpaired) electrons. The van der Waals surface area contributed by atoms with E-state index < -0.39 is 11.6 Å². The number of halogens is 1. The zero-order valence-electron chi connectivity index (χ0n) is 15.8. The van der Waals surface area contributed by atoms with Gasteiger partial charge in [-0.05, 0) is 26.8 Å². The van der Waals surface area contributed by atoms with E-state index in [4.69, 9.17) is 25.8 Å². The number of carbonyl (C=O) groups excluding carboxylic acids is 2. The van der Waals surface area contributed by atoms with Gasteiger partial charge in [0, 0.05) is 32.2 Å². The van der Waals surface area contributed by atoms with Gasteiger partial charge in [0.2, 0.25) is 0 Å². The fourth-order valence-corrected chi connectivity index (χ4v) is 2.96. The van der Waals surface area contributed by atoms with Crippen LogP contribution < -0.4 is 9.64 Å². The van der Waals surface area contributed by atoms with Crippen molar-refractivity contribution in [2.75, 3.05) is 45.3 Å². The highest BCUT2D eigenvalue weighted by Crippen LogP contribution is 2.34. The molecule has 1 amide bonds. The quantitative estimate of drug-likeness (QED) is 0.745. The lowest BCUT2D eigenvalue weighted by Gasteiger charge is -2.37. The summed E-state index contributed by atoms with van der Waals surface area (Å²) in [7, 11) is 2.79. The lowest BCUT2D eigenvalue weighted by molar-refractivity contribution is 0.0240. The maximum atomic E-state index is 12.2. The molecule has 144 valence electrons. The summed E-state index contributed by atoms with van der Waals surface area (Å²) >= 11 is 6.37. The van der Waals surface area contributed by atoms with E-state index >= 15 is 0 Å². The van der Waals surface area contributed by atoms with Crippen molar-refractivity contribution in [3.8, 4) is 5.75 Å². The molecule has 1 aliphatic rings. The van der Waals surface area contributed by atoms with Crippen molar-refractivity contribution in [2.45, 2.75) is 26.4 Å². The topological polar surface area (TPSA) is 68.3 Å². The molecule has 2 rings (SSSR count). The molecule has 0 aromatic heterocycles. The van der Waals surface area contributed by atoms with E-state index in [9.17, 15) is 9.59 Å². The Kier molecular flexibility index (Phi) is 6.23. The van der Waals surface area contributed by atoms with Gasteiger partial charge in [0.05, 0.1) is 24.9 Å². The number of rotatable bonds is 3. The molecule has 26 heavy (non-hydrogen) atoms. The fraction of sp³-hybridized carbons (Fsp3) is 0.556. The van der Waals surface area contributed by atoms with Gasteiger partial charge in [-0.1, -0.05) is 11.6 Å². The van der Waals surface area contributed by atoms with Crippen LogP contribution in [0.1, 0.15) is 31.1 Å². The number of carbonyl (C=O) groups is 2. The van der Waals surface area contributed by atoms with Crippen molar-refractivity contribution in [2.24, 2.45) is 0 Å². The summed E-state index contributed by atoms with van der Waals surface area (Å²) in [5.41, 5.74) is 0.505. The monoisotopic (exact) mass is 384 g/mol. The van der Waals surface area contributed by atoms with Crippen LogP contribution in [0.4, 0.5) is 10.5 Å². The zero-order valence-corrected chi connectivity index (χ0v) is 16.6. The first-order valence-electron chi connectivity index (χ1n) is 8.35. The second-order valence-electron chi connectivity index (χ2n) is 6.95. The third-order valence-electron chi connectivity index (χ3n) is 3.95. The van der Waals surface area contributed by atoms with Gasteiger partial charge in [-0.25, -0.2) is 9.59 Å². The molecule has 0 spiro atoms. The molecular formula is C18H25ClN2O5. The summed E-state index contributed by atoms with van der Waals surface area (Å²) in [6, 6.07) is 3.26. The molecule has 0 atom stereocenters. The molecule has 0 unspecified atom stereocenters. The normalized spacial score (nSPS) is 14.8. The van der Waals surface area contributed by atoms with E-state index in [1.807, 2.05) is 25.7 Å². The van der Waals surface area contributed by atoms with Crippen LogP contribution in [-0.4, -0.2) is 63.0 Å². The number of nitrogens with zero attached hydrogens (tertiary/aromatic N) is 2. The van der Waals surface area contributed by atoms with Crippen molar-refractivity contribution >= 4 is 29.4 Å². The molecule has 1 saturated heterocycles. The number of anilines is 1. The SMILES string of the molecule is COC(=O)c1cc(Cl)c(N2CCN(C(=O)OC(C)(C)C)CC2)cc1OC. The van der Waals surface area contributed by atoms with E-state index in [2.05, 4.69) is 0 Å².